The Labute approximate surface area is 97.9 Å². The number of primary amides is 1. The van der Waals surface area contributed by atoms with Crippen LogP contribution in [-0.4, -0.2) is 26.7 Å². The van der Waals surface area contributed by atoms with Crippen LogP contribution in [0.5, 0.6) is 0 Å². The molecule has 1 aromatic rings. The van der Waals surface area contributed by atoms with Crippen LogP contribution in [0.4, 0.5) is 11.5 Å². The summed E-state index contributed by atoms with van der Waals surface area (Å²) in [5.74, 6) is -0.373. The fraction of sp³-hybridized carbons (Fsp3) is 0.556. The molecule has 94 valence electrons. The van der Waals surface area contributed by atoms with E-state index in [2.05, 4.69) is 10.4 Å². The Morgan fingerprint density at radius 2 is 2.29 bits per heavy atom. The maximum Gasteiger partial charge on any atom is 0.333 e. The summed E-state index contributed by atoms with van der Waals surface area (Å²) in [6.07, 6.45) is 0. The third kappa shape index (κ3) is 2.52. The molecule has 0 saturated carbocycles. The molecule has 0 aliphatic heterocycles. The van der Waals surface area contributed by atoms with Crippen molar-refractivity contribution in [1.29, 1.82) is 0 Å². The van der Waals surface area contributed by atoms with E-state index >= 15 is 0 Å². The number of anilines is 1. The molecule has 1 unspecified atom stereocenters. The number of aryl methyl sites for hydroxylation is 2. The van der Waals surface area contributed by atoms with E-state index in [4.69, 9.17) is 5.73 Å². The Balaban J connectivity index is 3.19. The molecule has 0 saturated heterocycles. The molecule has 1 rings (SSSR count). The van der Waals surface area contributed by atoms with Gasteiger partial charge in [-0.25, -0.2) is 4.68 Å². The first-order chi connectivity index (χ1) is 7.88. The lowest BCUT2D eigenvalue weighted by Crippen LogP contribution is -2.33. The van der Waals surface area contributed by atoms with E-state index in [0.29, 0.717) is 12.2 Å². The highest BCUT2D eigenvalue weighted by atomic mass is 16.6. The molecule has 0 spiro atoms. The topological polar surface area (TPSA) is 116 Å². The van der Waals surface area contributed by atoms with Crippen molar-refractivity contribution < 1.29 is 9.72 Å². The largest absolute Gasteiger partial charge is 0.368 e. The van der Waals surface area contributed by atoms with Gasteiger partial charge in [-0.05, 0) is 20.8 Å². The summed E-state index contributed by atoms with van der Waals surface area (Å²) in [6.45, 7) is 5.34. The summed E-state index contributed by atoms with van der Waals surface area (Å²) < 4.78 is 1.44. The highest BCUT2D eigenvalue weighted by molar-refractivity contribution is 5.83. The second-order valence-electron chi connectivity index (χ2n) is 3.62. The van der Waals surface area contributed by atoms with Gasteiger partial charge in [0.05, 0.1) is 4.92 Å². The number of aromatic nitrogens is 2. The first-order valence-corrected chi connectivity index (χ1v) is 5.16. The predicted molar refractivity (Wildman–Crippen MR) is 61.6 cm³/mol. The first kappa shape index (κ1) is 12.9. The molecule has 0 aromatic carbocycles. The van der Waals surface area contributed by atoms with E-state index < -0.39 is 16.9 Å². The second kappa shape index (κ2) is 4.81. The summed E-state index contributed by atoms with van der Waals surface area (Å²) in [6, 6.07) is -0.699. The van der Waals surface area contributed by atoms with E-state index in [1.54, 1.807) is 13.8 Å². The Morgan fingerprint density at radius 1 is 1.71 bits per heavy atom. The van der Waals surface area contributed by atoms with E-state index in [9.17, 15) is 14.9 Å². The van der Waals surface area contributed by atoms with Gasteiger partial charge in [-0.3, -0.25) is 14.9 Å². The van der Waals surface area contributed by atoms with Gasteiger partial charge in [0.15, 0.2) is 0 Å². The molecule has 0 radical (unpaired) electrons. The van der Waals surface area contributed by atoms with Crippen LogP contribution in [0.25, 0.3) is 0 Å². The van der Waals surface area contributed by atoms with E-state index in [1.807, 2.05) is 0 Å². The molecule has 0 aliphatic carbocycles. The smallest absolute Gasteiger partial charge is 0.333 e. The Kier molecular flexibility index (Phi) is 3.66. The summed E-state index contributed by atoms with van der Waals surface area (Å²) in [4.78, 5) is 21.3. The Hall–Kier alpha value is -2.12. The summed E-state index contributed by atoms with van der Waals surface area (Å²) in [5, 5.41) is 17.7. The molecule has 0 fully saturated rings. The third-order valence-electron chi connectivity index (χ3n) is 2.36. The van der Waals surface area contributed by atoms with Crippen LogP contribution >= 0.6 is 0 Å². The molecular weight excluding hydrogens is 226 g/mol. The van der Waals surface area contributed by atoms with Gasteiger partial charge in [-0.2, -0.15) is 5.10 Å². The fourth-order valence-corrected chi connectivity index (χ4v) is 1.44. The maximum absolute atomic E-state index is 11.0. The fourth-order valence-electron chi connectivity index (χ4n) is 1.44. The second-order valence-corrected chi connectivity index (χ2v) is 3.62. The van der Waals surface area contributed by atoms with Crippen molar-refractivity contribution in [3.8, 4) is 0 Å². The van der Waals surface area contributed by atoms with Crippen LogP contribution in [0, 0.1) is 17.0 Å². The molecule has 1 atom stereocenters. The maximum atomic E-state index is 11.0. The molecule has 1 amide bonds. The monoisotopic (exact) mass is 241 g/mol. The minimum atomic E-state index is -0.699. The normalized spacial score (nSPS) is 12.2. The van der Waals surface area contributed by atoms with Crippen LogP contribution < -0.4 is 11.1 Å². The summed E-state index contributed by atoms with van der Waals surface area (Å²) in [7, 11) is 0. The third-order valence-corrected chi connectivity index (χ3v) is 2.36. The number of nitrogens with zero attached hydrogens (tertiary/aromatic N) is 3. The van der Waals surface area contributed by atoms with Crippen LogP contribution in [0.2, 0.25) is 0 Å². The lowest BCUT2D eigenvalue weighted by molar-refractivity contribution is -0.384. The number of nitrogens with one attached hydrogen (secondary N) is 1. The lowest BCUT2D eigenvalue weighted by atomic mass is 10.3. The van der Waals surface area contributed by atoms with Crippen LogP contribution in [-0.2, 0) is 11.3 Å². The van der Waals surface area contributed by atoms with Crippen LogP contribution in [0.15, 0.2) is 0 Å². The predicted octanol–water partition coefficient (Wildman–Crippen LogP) is 0.405. The minimum Gasteiger partial charge on any atom is -0.368 e. The molecule has 0 aliphatic rings. The standard InChI is InChI=1S/C9H15N5O3/c1-4-13-9(11-6(3)8(10)15)7(14(16)17)5(2)12-13/h6,11H,4H2,1-3H3,(H2,10,15). The Morgan fingerprint density at radius 3 is 2.71 bits per heavy atom. The number of hydrogen-bond donors (Lipinski definition) is 2. The van der Waals surface area contributed by atoms with Crippen LogP contribution in [0.3, 0.4) is 0 Å². The molecule has 0 bridgehead atoms. The van der Waals surface area contributed by atoms with Gasteiger partial charge in [-0.15, -0.1) is 0 Å². The van der Waals surface area contributed by atoms with Gasteiger partial charge >= 0.3 is 5.69 Å². The highest BCUT2D eigenvalue weighted by Crippen LogP contribution is 2.28. The molecule has 8 nitrogen and oxygen atoms in total. The molecule has 1 aromatic heterocycles. The number of nitrogens with two attached hydrogens (primary N) is 1. The van der Waals surface area contributed by atoms with Crippen molar-refractivity contribution >= 4 is 17.4 Å². The zero-order chi connectivity index (χ0) is 13.2. The highest BCUT2D eigenvalue weighted by Gasteiger charge is 2.26. The van der Waals surface area contributed by atoms with Gasteiger partial charge in [0, 0.05) is 6.54 Å². The zero-order valence-electron chi connectivity index (χ0n) is 9.93. The van der Waals surface area contributed by atoms with Gasteiger partial charge < -0.3 is 11.1 Å². The van der Waals surface area contributed by atoms with Gasteiger partial charge in [0.25, 0.3) is 0 Å². The van der Waals surface area contributed by atoms with E-state index in [0.717, 1.165) is 0 Å². The van der Waals surface area contributed by atoms with Gasteiger partial charge in [-0.1, -0.05) is 0 Å². The van der Waals surface area contributed by atoms with Gasteiger partial charge in [0.1, 0.15) is 11.7 Å². The van der Waals surface area contributed by atoms with Crippen molar-refractivity contribution in [2.24, 2.45) is 5.73 Å². The van der Waals surface area contributed by atoms with E-state index in [-0.39, 0.29) is 11.5 Å². The average molecular weight is 241 g/mol. The van der Waals surface area contributed by atoms with Crippen molar-refractivity contribution in [2.45, 2.75) is 33.4 Å². The van der Waals surface area contributed by atoms with Crippen molar-refractivity contribution in [3.05, 3.63) is 15.8 Å². The van der Waals surface area contributed by atoms with Crippen LogP contribution in [0.1, 0.15) is 19.5 Å². The van der Waals surface area contributed by atoms with E-state index in [1.165, 1.54) is 11.6 Å². The number of carbonyl (C=O) groups is 1. The average Bonchev–Trinajstić information content (AvgIpc) is 2.54. The number of rotatable bonds is 5. The number of carbonyl (C=O) groups excluding carboxylic acids is 1. The summed E-state index contributed by atoms with van der Waals surface area (Å²) >= 11 is 0. The van der Waals surface area contributed by atoms with Gasteiger partial charge in [0.2, 0.25) is 11.7 Å². The molecule has 17 heavy (non-hydrogen) atoms. The lowest BCUT2D eigenvalue weighted by Gasteiger charge is -2.11. The molecular formula is C9H15N5O3. The van der Waals surface area contributed by atoms with Crippen molar-refractivity contribution in [1.82, 2.24) is 9.78 Å². The Bertz CT molecular complexity index is 454. The molecule has 3 N–H and O–H groups in total. The minimum absolute atomic E-state index is 0.125. The number of hydrogen-bond acceptors (Lipinski definition) is 5. The zero-order valence-corrected chi connectivity index (χ0v) is 9.93. The van der Waals surface area contributed by atoms with Crippen molar-refractivity contribution in [2.75, 3.05) is 5.32 Å². The quantitative estimate of drug-likeness (QED) is 0.572. The number of amides is 1. The molecule has 1 heterocycles. The molecule has 8 heteroatoms. The number of nitro groups is 1. The summed E-state index contributed by atoms with van der Waals surface area (Å²) in [5.41, 5.74) is 5.28. The van der Waals surface area contributed by atoms with Crippen molar-refractivity contribution in [3.63, 3.8) is 0 Å². The first-order valence-electron chi connectivity index (χ1n) is 5.16. The SMILES string of the molecule is CCn1nc(C)c([N+](=O)[O-])c1NC(C)C(N)=O.